The van der Waals surface area contributed by atoms with E-state index in [2.05, 4.69) is 21.0 Å². The Morgan fingerprint density at radius 2 is 1.80 bits per heavy atom. The van der Waals surface area contributed by atoms with Crippen molar-refractivity contribution in [2.24, 2.45) is 7.05 Å². The lowest BCUT2D eigenvalue weighted by molar-refractivity contribution is -0.119. The zero-order valence-corrected chi connectivity index (χ0v) is 17.3. The first-order valence-corrected chi connectivity index (χ1v) is 10.0. The number of rotatable bonds is 7. The molecule has 11 heteroatoms. The molecule has 0 bridgehead atoms. The molecule has 0 atom stereocenters. The summed E-state index contributed by atoms with van der Waals surface area (Å²) in [6.07, 6.45) is 0. The van der Waals surface area contributed by atoms with Crippen molar-refractivity contribution in [3.63, 3.8) is 0 Å². The molecule has 0 unspecified atom stereocenters. The van der Waals surface area contributed by atoms with E-state index in [-0.39, 0.29) is 17.9 Å². The third-order valence-corrected chi connectivity index (χ3v) is 5.13. The van der Waals surface area contributed by atoms with Crippen LogP contribution in [0.3, 0.4) is 0 Å². The number of halogens is 2. The van der Waals surface area contributed by atoms with Gasteiger partial charge in [0.1, 0.15) is 18.2 Å². The lowest BCUT2D eigenvalue weighted by atomic mass is 10.2. The Hall–Kier alpha value is -3.11. The lowest BCUT2D eigenvalue weighted by Gasteiger charge is -2.08. The van der Waals surface area contributed by atoms with Crippen LogP contribution < -0.4 is 15.6 Å². The smallest absolute Gasteiger partial charge is 0.269 e. The minimum atomic E-state index is -0.548. The van der Waals surface area contributed by atoms with Crippen molar-refractivity contribution in [3.8, 4) is 5.75 Å². The zero-order chi connectivity index (χ0) is 21.5. The SMILES string of the molecule is Cn1c(COc2ccc(Cl)cc2)nnc1SCC(=O)NNC(=O)c1ccc(F)cc1. The molecule has 30 heavy (non-hydrogen) atoms. The van der Waals surface area contributed by atoms with Crippen molar-refractivity contribution >= 4 is 35.2 Å². The Labute approximate surface area is 180 Å². The fourth-order valence-electron chi connectivity index (χ4n) is 2.24. The summed E-state index contributed by atoms with van der Waals surface area (Å²) >= 11 is 6.99. The van der Waals surface area contributed by atoms with Gasteiger partial charge < -0.3 is 9.30 Å². The van der Waals surface area contributed by atoms with E-state index in [1.54, 1.807) is 35.9 Å². The van der Waals surface area contributed by atoms with Crippen LogP contribution in [0.25, 0.3) is 0 Å². The molecule has 2 aromatic carbocycles. The number of amides is 2. The van der Waals surface area contributed by atoms with E-state index in [0.717, 1.165) is 23.9 Å². The summed E-state index contributed by atoms with van der Waals surface area (Å²) < 4.78 is 20.2. The van der Waals surface area contributed by atoms with Crippen LogP contribution in [0.2, 0.25) is 5.02 Å². The van der Waals surface area contributed by atoms with Crippen molar-refractivity contribution in [1.29, 1.82) is 0 Å². The van der Waals surface area contributed by atoms with Crippen molar-refractivity contribution in [1.82, 2.24) is 25.6 Å². The summed E-state index contributed by atoms with van der Waals surface area (Å²) in [5.74, 6) is -0.196. The second kappa shape index (κ2) is 10.1. The number of carbonyl (C=O) groups is 2. The maximum absolute atomic E-state index is 12.9. The maximum Gasteiger partial charge on any atom is 0.269 e. The first-order valence-electron chi connectivity index (χ1n) is 8.66. The van der Waals surface area contributed by atoms with Gasteiger partial charge in [0.05, 0.1) is 5.75 Å². The molecule has 2 N–H and O–H groups in total. The van der Waals surface area contributed by atoms with Crippen LogP contribution in [0.15, 0.2) is 53.7 Å². The standard InChI is InChI=1S/C19H17ClFN5O3S/c1-26-16(10-29-15-8-4-13(20)5-9-15)22-25-19(26)30-11-17(27)23-24-18(28)12-2-6-14(21)7-3-12/h2-9H,10-11H2,1H3,(H,23,27)(H,24,28). The van der Waals surface area contributed by atoms with Gasteiger partial charge in [-0.2, -0.15) is 0 Å². The molecule has 0 fully saturated rings. The normalized spacial score (nSPS) is 10.5. The van der Waals surface area contributed by atoms with Gasteiger partial charge in [-0.25, -0.2) is 4.39 Å². The number of carbonyl (C=O) groups excluding carboxylic acids is 2. The molecule has 0 aliphatic rings. The van der Waals surface area contributed by atoms with E-state index >= 15 is 0 Å². The Balaban J connectivity index is 1.45. The number of hydrazine groups is 1. The first kappa shape index (κ1) is 21.6. The van der Waals surface area contributed by atoms with Gasteiger partial charge in [0, 0.05) is 17.6 Å². The third-order valence-electron chi connectivity index (χ3n) is 3.86. The van der Waals surface area contributed by atoms with E-state index in [4.69, 9.17) is 16.3 Å². The van der Waals surface area contributed by atoms with E-state index in [1.165, 1.54) is 12.1 Å². The predicted octanol–water partition coefficient (Wildman–Crippen LogP) is 2.74. The number of thioether (sulfide) groups is 1. The maximum atomic E-state index is 12.9. The Morgan fingerprint density at radius 1 is 1.10 bits per heavy atom. The quantitative estimate of drug-likeness (QED) is 0.425. The summed E-state index contributed by atoms with van der Waals surface area (Å²) in [5.41, 5.74) is 4.79. The Kier molecular flexibility index (Phi) is 7.26. The number of hydrogen-bond acceptors (Lipinski definition) is 6. The second-order valence-electron chi connectivity index (χ2n) is 6.00. The fraction of sp³-hybridized carbons (Fsp3) is 0.158. The molecule has 0 saturated carbocycles. The highest BCUT2D eigenvalue weighted by atomic mass is 35.5. The van der Waals surface area contributed by atoms with Gasteiger partial charge in [-0.15, -0.1) is 10.2 Å². The summed E-state index contributed by atoms with van der Waals surface area (Å²) in [4.78, 5) is 23.9. The molecule has 3 aromatic rings. The molecule has 2 amide bonds. The third kappa shape index (κ3) is 5.94. The van der Waals surface area contributed by atoms with Crippen LogP contribution in [0.1, 0.15) is 16.2 Å². The number of ether oxygens (including phenoxy) is 1. The van der Waals surface area contributed by atoms with Crippen LogP contribution in [-0.4, -0.2) is 32.3 Å². The fourth-order valence-corrected chi connectivity index (χ4v) is 3.10. The van der Waals surface area contributed by atoms with E-state index in [0.29, 0.717) is 21.8 Å². The molecule has 0 aliphatic carbocycles. The largest absolute Gasteiger partial charge is 0.486 e. The average molecular weight is 450 g/mol. The van der Waals surface area contributed by atoms with Crippen LogP contribution in [-0.2, 0) is 18.4 Å². The van der Waals surface area contributed by atoms with Crippen LogP contribution in [0, 0.1) is 5.82 Å². The van der Waals surface area contributed by atoms with Gasteiger partial charge in [-0.3, -0.25) is 20.4 Å². The molecule has 1 aromatic heterocycles. The Morgan fingerprint density at radius 3 is 2.50 bits per heavy atom. The molecule has 156 valence electrons. The number of nitrogens with one attached hydrogen (secondary N) is 2. The molecule has 0 radical (unpaired) electrons. The van der Waals surface area contributed by atoms with Gasteiger partial charge in [0.15, 0.2) is 11.0 Å². The van der Waals surface area contributed by atoms with E-state index in [9.17, 15) is 14.0 Å². The topological polar surface area (TPSA) is 98.1 Å². The number of hydrogen-bond donors (Lipinski definition) is 2. The summed E-state index contributed by atoms with van der Waals surface area (Å²) in [6.45, 7) is 0.200. The highest BCUT2D eigenvalue weighted by Crippen LogP contribution is 2.18. The molecular weight excluding hydrogens is 433 g/mol. The lowest BCUT2D eigenvalue weighted by Crippen LogP contribution is -2.42. The van der Waals surface area contributed by atoms with E-state index in [1.807, 2.05) is 0 Å². The van der Waals surface area contributed by atoms with Crippen molar-refractivity contribution < 1.29 is 18.7 Å². The zero-order valence-electron chi connectivity index (χ0n) is 15.8. The first-order chi connectivity index (χ1) is 14.4. The summed E-state index contributed by atoms with van der Waals surface area (Å²) in [6, 6.07) is 11.9. The van der Waals surface area contributed by atoms with E-state index < -0.39 is 17.6 Å². The minimum absolute atomic E-state index is 0.00765. The van der Waals surface area contributed by atoms with Crippen molar-refractivity contribution in [2.45, 2.75) is 11.8 Å². The Bertz CT molecular complexity index is 1030. The molecule has 3 rings (SSSR count). The van der Waals surface area contributed by atoms with Gasteiger partial charge in [-0.1, -0.05) is 23.4 Å². The summed E-state index contributed by atoms with van der Waals surface area (Å²) in [5, 5.41) is 9.23. The second-order valence-corrected chi connectivity index (χ2v) is 7.38. The van der Waals surface area contributed by atoms with Crippen LogP contribution in [0.4, 0.5) is 4.39 Å². The molecule has 0 spiro atoms. The number of benzene rings is 2. The molecule has 0 aliphatic heterocycles. The predicted molar refractivity (Wildman–Crippen MR) is 110 cm³/mol. The minimum Gasteiger partial charge on any atom is -0.486 e. The highest BCUT2D eigenvalue weighted by molar-refractivity contribution is 7.99. The number of nitrogens with zero attached hydrogens (tertiary/aromatic N) is 3. The van der Waals surface area contributed by atoms with Crippen molar-refractivity contribution in [3.05, 3.63) is 70.8 Å². The van der Waals surface area contributed by atoms with Gasteiger partial charge >= 0.3 is 0 Å². The van der Waals surface area contributed by atoms with Gasteiger partial charge in [0.2, 0.25) is 5.91 Å². The molecule has 0 saturated heterocycles. The van der Waals surface area contributed by atoms with Crippen LogP contribution >= 0.6 is 23.4 Å². The average Bonchev–Trinajstić information content (AvgIpc) is 3.10. The van der Waals surface area contributed by atoms with Crippen molar-refractivity contribution in [2.75, 3.05) is 5.75 Å². The molecule has 8 nitrogen and oxygen atoms in total. The summed E-state index contributed by atoms with van der Waals surface area (Å²) in [7, 11) is 1.76. The highest BCUT2D eigenvalue weighted by Gasteiger charge is 2.13. The number of aromatic nitrogens is 3. The molecular formula is C19H17ClFN5O3S. The monoisotopic (exact) mass is 449 g/mol. The van der Waals surface area contributed by atoms with Gasteiger partial charge in [0.25, 0.3) is 5.91 Å². The molecule has 1 heterocycles. The van der Waals surface area contributed by atoms with Gasteiger partial charge in [-0.05, 0) is 48.5 Å². The van der Waals surface area contributed by atoms with Crippen LogP contribution in [0.5, 0.6) is 5.75 Å².